The fourth-order valence-corrected chi connectivity index (χ4v) is 9.92. The van der Waals surface area contributed by atoms with Crippen LogP contribution in [0.5, 0.6) is 0 Å². The van der Waals surface area contributed by atoms with Crippen molar-refractivity contribution in [1.29, 1.82) is 0 Å². The summed E-state index contributed by atoms with van der Waals surface area (Å²) in [7, 11) is 0. The van der Waals surface area contributed by atoms with Gasteiger partial charge in [-0.3, -0.25) is 14.4 Å². The van der Waals surface area contributed by atoms with Crippen LogP contribution in [-0.4, -0.2) is 37.2 Å². The van der Waals surface area contributed by atoms with Gasteiger partial charge in [0, 0.05) is 19.3 Å². The highest BCUT2D eigenvalue weighted by atomic mass is 16.6. The first-order valence-corrected chi connectivity index (χ1v) is 36.6. The van der Waals surface area contributed by atoms with Gasteiger partial charge < -0.3 is 14.2 Å². The summed E-state index contributed by atoms with van der Waals surface area (Å²) in [5.41, 5.74) is 3.98. The molecule has 0 heterocycles. The Hall–Kier alpha value is -3.93. The maximum atomic E-state index is 12.8. The lowest BCUT2D eigenvalue weighted by molar-refractivity contribution is -0.167. The number of hydrogen-bond donors (Lipinski definition) is 0. The lowest BCUT2D eigenvalue weighted by Gasteiger charge is -2.18. The fourth-order valence-electron chi connectivity index (χ4n) is 9.92. The number of benzene rings is 2. The highest BCUT2D eigenvalue weighted by Crippen LogP contribution is 2.15. The van der Waals surface area contributed by atoms with E-state index in [1.165, 1.54) is 229 Å². The zero-order chi connectivity index (χ0) is 63.1. The van der Waals surface area contributed by atoms with Gasteiger partial charge in [-0.25, -0.2) is 0 Å². The van der Waals surface area contributed by atoms with Crippen LogP contribution in [0.1, 0.15) is 360 Å². The molecule has 0 aliphatic heterocycles. The second kappa shape index (κ2) is 71.8. The quantitative estimate of drug-likeness (QED) is 0.0284. The minimum atomic E-state index is -0.781. The van der Waals surface area contributed by atoms with Gasteiger partial charge >= 0.3 is 17.9 Å². The Morgan fingerprint density at radius 2 is 0.512 bits per heavy atom. The number of ether oxygens (including phenoxy) is 3. The Labute approximate surface area is 534 Å². The summed E-state index contributed by atoms with van der Waals surface area (Å²) in [4.78, 5) is 38.0. The molecule has 496 valence electrons. The highest BCUT2D eigenvalue weighted by Gasteiger charge is 2.19. The number of allylic oxidation sites excluding steroid dienone is 6. The number of unbranched alkanes of at least 4 members (excludes halogenated alkanes) is 38. The van der Waals surface area contributed by atoms with Crippen molar-refractivity contribution < 1.29 is 28.6 Å². The average molecular weight is 1200 g/mol. The number of carbonyl (C=O) groups excluding carboxylic acids is 3. The van der Waals surface area contributed by atoms with E-state index in [0.717, 1.165) is 77.0 Å². The first kappa shape index (κ1) is 84.1. The number of esters is 3. The molecular weight excluding hydrogens is 1060 g/mol. The predicted octanol–water partition coefficient (Wildman–Crippen LogP) is 25.8. The van der Waals surface area contributed by atoms with Crippen LogP contribution in [0.4, 0.5) is 0 Å². The van der Waals surface area contributed by atoms with E-state index in [-0.39, 0.29) is 31.1 Å². The van der Waals surface area contributed by atoms with Crippen molar-refractivity contribution in [1.82, 2.24) is 0 Å². The molecule has 0 spiro atoms. The lowest BCUT2D eigenvalue weighted by atomic mass is 10.1. The molecule has 0 fully saturated rings. The molecule has 2 rings (SSSR count). The molecule has 0 amide bonds. The Morgan fingerprint density at radius 1 is 0.291 bits per heavy atom. The van der Waals surface area contributed by atoms with E-state index in [9.17, 15) is 14.4 Å². The summed E-state index contributed by atoms with van der Waals surface area (Å²) in [5, 5.41) is 0. The molecule has 0 unspecified atom stereocenters. The second-order valence-electron chi connectivity index (χ2n) is 24.7. The highest BCUT2D eigenvalue weighted by molar-refractivity contribution is 5.71. The molecule has 0 aromatic heterocycles. The largest absolute Gasteiger partial charge is 0.462 e. The van der Waals surface area contributed by atoms with Gasteiger partial charge in [0.25, 0.3) is 0 Å². The van der Waals surface area contributed by atoms with Crippen LogP contribution < -0.4 is 0 Å². The second-order valence-corrected chi connectivity index (χ2v) is 24.7. The van der Waals surface area contributed by atoms with Gasteiger partial charge in [-0.1, -0.05) is 335 Å². The van der Waals surface area contributed by atoms with E-state index in [1.807, 2.05) is 18.2 Å². The number of rotatable bonds is 55. The van der Waals surface area contributed by atoms with Crippen molar-refractivity contribution in [2.45, 2.75) is 370 Å². The van der Waals surface area contributed by atoms with Crippen molar-refractivity contribution in [3.8, 4) is 0 Å². The standard InChI is InChI=1S/C57H104O6.C8H10.C8H18.C7H8/c1-4-7-10-13-16-19-22-25-28-31-34-37-40-43-46-49-55(58)61-52-54(63-57(60)51-48-45-42-39-36-33-30-27-24-21-18-15-12-9-6-3)53-62-56(59)50-47-44-41-38-35-32-29-26-23-20-17-14-11-8-5-2;1-7-3-5-8(2)6-4-7;1-3-5-7-8-6-4-2;1-7-5-3-2-4-6-7/h25-30,54H,4-24,31-53H2,1-3H3;3-6H,1-2H3;3-8H2,1-2H3;2-6H,1H3/b28-25-,29-26-,30-27-;;;. The first-order valence-electron chi connectivity index (χ1n) is 36.6. The summed E-state index contributed by atoms with van der Waals surface area (Å²) in [6.45, 7) is 17.4. The summed E-state index contributed by atoms with van der Waals surface area (Å²) in [5.74, 6) is -0.893. The summed E-state index contributed by atoms with van der Waals surface area (Å²) in [6, 6.07) is 18.7. The van der Waals surface area contributed by atoms with Crippen LogP contribution in [0.3, 0.4) is 0 Å². The van der Waals surface area contributed by atoms with Crippen LogP contribution in [0.2, 0.25) is 0 Å². The first-order chi connectivity index (χ1) is 42.1. The molecule has 2 aromatic rings. The predicted molar refractivity (Wildman–Crippen MR) is 376 cm³/mol. The van der Waals surface area contributed by atoms with Gasteiger partial charge in [-0.05, 0) is 117 Å². The van der Waals surface area contributed by atoms with E-state index in [0.29, 0.717) is 19.3 Å². The van der Waals surface area contributed by atoms with Gasteiger partial charge in [0.1, 0.15) is 13.2 Å². The van der Waals surface area contributed by atoms with Gasteiger partial charge in [0.05, 0.1) is 0 Å². The van der Waals surface area contributed by atoms with Crippen LogP contribution in [0.15, 0.2) is 91.1 Å². The maximum Gasteiger partial charge on any atom is 0.306 e. The van der Waals surface area contributed by atoms with E-state index < -0.39 is 6.10 Å². The lowest BCUT2D eigenvalue weighted by Crippen LogP contribution is -2.30. The third-order valence-corrected chi connectivity index (χ3v) is 15.7. The molecular formula is C80H140O6. The maximum absolute atomic E-state index is 12.8. The number of hydrogen-bond acceptors (Lipinski definition) is 6. The van der Waals surface area contributed by atoms with Gasteiger partial charge in [0.15, 0.2) is 6.10 Å². The molecule has 86 heavy (non-hydrogen) atoms. The SMILES string of the molecule is CCCCCCCC.CCCCCCCC/C=C\CCCCCCCC(=O)OCC(COC(=O)CCCCCCC/C=C\CCCCCCCC)OC(=O)CCCCCCC/C=C\CCCCCCCC.Cc1ccc(C)cc1.Cc1ccccc1. The normalized spacial score (nSPS) is 11.1. The third-order valence-electron chi connectivity index (χ3n) is 15.7. The molecule has 6 nitrogen and oxygen atoms in total. The smallest absolute Gasteiger partial charge is 0.306 e. The minimum absolute atomic E-state index is 0.0806. The van der Waals surface area contributed by atoms with Gasteiger partial charge in [-0.2, -0.15) is 0 Å². The minimum Gasteiger partial charge on any atom is -0.462 e. The van der Waals surface area contributed by atoms with E-state index in [4.69, 9.17) is 14.2 Å². The molecule has 2 aromatic carbocycles. The summed E-state index contributed by atoms with van der Waals surface area (Å²) in [6.07, 6.45) is 69.7. The van der Waals surface area contributed by atoms with Crippen molar-refractivity contribution in [3.05, 3.63) is 108 Å². The number of aryl methyl sites for hydroxylation is 3. The van der Waals surface area contributed by atoms with Crippen LogP contribution in [-0.2, 0) is 28.6 Å². The summed E-state index contributed by atoms with van der Waals surface area (Å²) < 4.78 is 16.8. The van der Waals surface area contributed by atoms with Crippen LogP contribution in [0.25, 0.3) is 0 Å². The van der Waals surface area contributed by atoms with Crippen molar-refractivity contribution in [3.63, 3.8) is 0 Å². The van der Waals surface area contributed by atoms with E-state index in [2.05, 4.69) is 128 Å². The molecule has 0 N–H and O–H groups in total. The molecule has 6 heteroatoms. The van der Waals surface area contributed by atoms with Crippen molar-refractivity contribution >= 4 is 17.9 Å². The topological polar surface area (TPSA) is 78.9 Å². The summed E-state index contributed by atoms with van der Waals surface area (Å²) >= 11 is 0. The molecule has 0 saturated heterocycles. The monoisotopic (exact) mass is 1200 g/mol. The van der Waals surface area contributed by atoms with Crippen molar-refractivity contribution in [2.75, 3.05) is 13.2 Å². The zero-order valence-electron chi connectivity index (χ0n) is 58.0. The van der Waals surface area contributed by atoms with Crippen LogP contribution >= 0.6 is 0 Å². The molecule has 0 saturated carbocycles. The van der Waals surface area contributed by atoms with Gasteiger partial charge in [-0.15, -0.1) is 0 Å². The Morgan fingerprint density at radius 3 is 0.756 bits per heavy atom. The molecule has 0 radical (unpaired) electrons. The van der Waals surface area contributed by atoms with E-state index >= 15 is 0 Å². The molecule has 0 bridgehead atoms. The Balaban J connectivity index is 0. The third kappa shape index (κ3) is 70.8. The zero-order valence-corrected chi connectivity index (χ0v) is 58.0. The number of carbonyl (C=O) groups is 3. The molecule has 0 atom stereocenters. The molecule has 0 aliphatic carbocycles. The van der Waals surface area contributed by atoms with Gasteiger partial charge in [0.2, 0.25) is 0 Å². The Bertz CT molecular complexity index is 1680. The van der Waals surface area contributed by atoms with Crippen LogP contribution in [0, 0.1) is 20.8 Å². The van der Waals surface area contributed by atoms with E-state index in [1.54, 1.807) is 0 Å². The fraction of sp³-hybridized carbons (Fsp3) is 0.738. The van der Waals surface area contributed by atoms with Crippen molar-refractivity contribution in [2.24, 2.45) is 0 Å². The average Bonchev–Trinajstić information content (AvgIpc) is 3.51. The molecule has 0 aliphatic rings. The Kier molecular flexibility index (Phi) is 70.3.